The molecule has 1 aromatic carbocycles. The Morgan fingerprint density at radius 2 is 2.14 bits per heavy atom. The van der Waals surface area contributed by atoms with E-state index in [1.54, 1.807) is 18.3 Å². The van der Waals surface area contributed by atoms with E-state index < -0.39 is 11.9 Å². The molecule has 1 atom stereocenters. The first-order valence-electron chi connectivity index (χ1n) is 6.83. The molecule has 1 aliphatic heterocycles. The van der Waals surface area contributed by atoms with Crippen molar-refractivity contribution in [1.29, 1.82) is 0 Å². The van der Waals surface area contributed by atoms with Gasteiger partial charge in [-0.1, -0.05) is 0 Å². The number of carbonyl (C=O) groups excluding carboxylic acids is 1. The standard InChI is InChI=1S/C15H14FN3O3/c16-12-3-1-9(2-4-12)14-11(6-17-18-14)8-19-7-10(15(21)22)5-13(19)20/h1-4,6,10H,5,7-8H2,(H,17,18)(H,21,22). The number of likely N-dealkylation sites (tertiary alicyclic amines) is 1. The molecule has 2 heterocycles. The molecule has 0 radical (unpaired) electrons. The van der Waals surface area contributed by atoms with E-state index >= 15 is 0 Å². The lowest BCUT2D eigenvalue weighted by Gasteiger charge is -2.16. The molecule has 6 nitrogen and oxygen atoms in total. The van der Waals surface area contributed by atoms with Crippen molar-refractivity contribution in [3.05, 3.63) is 41.8 Å². The molecule has 0 aliphatic carbocycles. The average molecular weight is 303 g/mol. The van der Waals surface area contributed by atoms with E-state index in [-0.39, 0.29) is 31.2 Å². The van der Waals surface area contributed by atoms with Crippen molar-refractivity contribution in [3.63, 3.8) is 0 Å². The fraction of sp³-hybridized carbons (Fsp3) is 0.267. The molecule has 1 aromatic heterocycles. The maximum atomic E-state index is 13.0. The highest BCUT2D eigenvalue weighted by Crippen LogP contribution is 2.25. The van der Waals surface area contributed by atoms with Gasteiger partial charge in [0.1, 0.15) is 5.82 Å². The lowest BCUT2D eigenvalue weighted by Crippen LogP contribution is -2.25. The van der Waals surface area contributed by atoms with Crippen LogP contribution in [-0.2, 0) is 16.1 Å². The van der Waals surface area contributed by atoms with Crippen LogP contribution in [0.5, 0.6) is 0 Å². The first-order valence-corrected chi connectivity index (χ1v) is 6.83. The maximum Gasteiger partial charge on any atom is 0.308 e. The molecule has 114 valence electrons. The van der Waals surface area contributed by atoms with Crippen LogP contribution < -0.4 is 0 Å². The molecule has 3 rings (SSSR count). The van der Waals surface area contributed by atoms with Gasteiger partial charge in [-0.15, -0.1) is 0 Å². The molecular weight excluding hydrogens is 289 g/mol. The van der Waals surface area contributed by atoms with Crippen LogP contribution in [0.25, 0.3) is 11.3 Å². The minimum atomic E-state index is -0.957. The van der Waals surface area contributed by atoms with Crippen LogP contribution >= 0.6 is 0 Å². The fourth-order valence-corrected chi connectivity index (χ4v) is 2.59. The molecule has 1 fully saturated rings. The van der Waals surface area contributed by atoms with Crippen molar-refractivity contribution in [2.75, 3.05) is 6.54 Å². The van der Waals surface area contributed by atoms with Crippen LogP contribution in [-0.4, -0.2) is 38.6 Å². The summed E-state index contributed by atoms with van der Waals surface area (Å²) in [5, 5.41) is 15.8. The molecule has 2 N–H and O–H groups in total. The Balaban J connectivity index is 1.80. The number of aromatic nitrogens is 2. The zero-order valence-corrected chi connectivity index (χ0v) is 11.6. The third-order valence-corrected chi connectivity index (χ3v) is 3.78. The summed E-state index contributed by atoms with van der Waals surface area (Å²) in [5.74, 6) is -2.13. The van der Waals surface area contributed by atoms with Gasteiger partial charge >= 0.3 is 5.97 Å². The number of carbonyl (C=O) groups is 2. The second-order valence-corrected chi connectivity index (χ2v) is 5.29. The molecule has 1 aliphatic rings. The monoisotopic (exact) mass is 303 g/mol. The van der Waals surface area contributed by atoms with E-state index in [2.05, 4.69) is 10.2 Å². The number of rotatable bonds is 4. The lowest BCUT2D eigenvalue weighted by molar-refractivity contribution is -0.141. The Kier molecular flexibility index (Phi) is 3.62. The molecule has 22 heavy (non-hydrogen) atoms. The van der Waals surface area contributed by atoms with Gasteiger partial charge in [-0.05, 0) is 24.3 Å². The van der Waals surface area contributed by atoms with E-state index in [9.17, 15) is 14.0 Å². The topological polar surface area (TPSA) is 86.3 Å². The third kappa shape index (κ3) is 2.69. The van der Waals surface area contributed by atoms with Crippen molar-refractivity contribution in [3.8, 4) is 11.3 Å². The molecule has 1 unspecified atom stereocenters. The summed E-state index contributed by atoms with van der Waals surface area (Å²) < 4.78 is 13.0. The van der Waals surface area contributed by atoms with E-state index in [1.807, 2.05) is 0 Å². The summed E-state index contributed by atoms with van der Waals surface area (Å²) >= 11 is 0. The molecule has 0 saturated carbocycles. The number of carboxylic acid groups (broad SMARTS) is 1. The molecular formula is C15H14FN3O3. The Hall–Kier alpha value is -2.70. The first kappa shape index (κ1) is 14.2. The van der Waals surface area contributed by atoms with E-state index in [0.717, 1.165) is 11.1 Å². The van der Waals surface area contributed by atoms with E-state index in [4.69, 9.17) is 5.11 Å². The number of aromatic amines is 1. The average Bonchev–Trinajstić information content (AvgIpc) is 3.08. The Bertz CT molecular complexity index is 711. The first-order chi connectivity index (χ1) is 10.5. The van der Waals surface area contributed by atoms with Gasteiger partial charge in [-0.2, -0.15) is 5.10 Å². The number of aliphatic carboxylic acids is 1. The quantitative estimate of drug-likeness (QED) is 0.899. The van der Waals surface area contributed by atoms with Crippen LogP contribution in [0.15, 0.2) is 30.5 Å². The Labute approximate surface area is 125 Å². The SMILES string of the molecule is O=C(O)C1CC(=O)N(Cc2cn[nH]c2-c2ccc(F)cc2)C1. The zero-order valence-electron chi connectivity index (χ0n) is 11.6. The van der Waals surface area contributed by atoms with E-state index in [0.29, 0.717) is 5.69 Å². The van der Waals surface area contributed by atoms with Crippen molar-refractivity contribution >= 4 is 11.9 Å². The molecule has 7 heteroatoms. The smallest absolute Gasteiger partial charge is 0.308 e. The van der Waals surface area contributed by atoms with Crippen LogP contribution in [0.2, 0.25) is 0 Å². The number of amides is 1. The van der Waals surface area contributed by atoms with Crippen molar-refractivity contribution in [1.82, 2.24) is 15.1 Å². The molecule has 0 spiro atoms. The number of H-pyrrole nitrogens is 1. The summed E-state index contributed by atoms with van der Waals surface area (Å²) in [5.41, 5.74) is 2.23. The second kappa shape index (κ2) is 5.59. The number of halogens is 1. The zero-order chi connectivity index (χ0) is 15.7. The Morgan fingerprint density at radius 3 is 2.77 bits per heavy atom. The Morgan fingerprint density at radius 1 is 1.41 bits per heavy atom. The van der Waals surface area contributed by atoms with Gasteiger partial charge in [-0.3, -0.25) is 14.7 Å². The van der Waals surface area contributed by atoms with Crippen molar-refractivity contribution in [2.45, 2.75) is 13.0 Å². The second-order valence-electron chi connectivity index (χ2n) is 5.29. The minimum Gasteiger partial charge on any atom is -0.481 e. The van der Waals surface area contributed by atoms with Gasteiger partial charge in [0.25, 0.3) is 0 Å². The van der Waals surface area contributed by atoms with Gasteiger partial charge < -0.3 is 10.0 Å². The highest BCUT2D eigenvalue weighted by atomic mass is 19.1. The molecule has 2 aromatic rings. The van der Waals surface area contributed by atoms with Crippen molar-refractivity contribution in [2.24, 2.45) is 5.92 Å². The highest BCUT2D eigenvalue weighted by Gasteiger charge is 2.34. The number of benzene rings is 1. The molecule has 0 bridgehead atoms. The number of hydrogen-bond acceptors (Lipinski definition) is 3. The number of hydrogen-bond donors (Lipinski definition) is 2. The molecule has 1 saturated heterocycles. The van der Waals surface area contributed by atoms with Crippen LogP contribution in [0.3, 0.4) is 0 Å². The maximum absolute atomic E-state index is 13.0. The number of carboxylic acids is 1. The van der Waals surface area contributed by atoms with Crippen molar-refractivity contribution < 1.29 is 19.1 Å². The van der Waals surface area contributed by atoms with Gasteiger partial charge in [0.15, 0.2) is 0 Å². The minimum absolute atomic E-state index is 0.0269. The lowest BCUT2D eigenvalue weighted by atomic mass is 10.1. The predicted molar refractivity (Wildman–Crippen MR) is 75.1 cm³/mol. The summed E-state index contributed by atoms with van der Waals surface area (Å²) in [4.78, 5) is 24.4. The largest absolute Gasteiger partial charge is 0.481 e. The third-order valence-electron chi connectivity index (χ3n) is 3.78. The summed E-state index contributed by atoms with van der Waals surface area (Å²) in [7, 11) is 0. The van der Waals surface area contributed by atoms with Gasteiger partial charge in [0, 0.05) is 30.6 Å². The van der Waals surface area contributed by atoms with Crippen LogP contribution in [0.1, 0.15) is 12.0 Å². The van der Waals surface area contributed by atoms with Crippen LogP contribution in [0.4, 0.5) is 4.39 Å². The fourth-order valence-electron chi connectivity index (χ4n) is 2.59. The predicted octanol–water partition coefficient (Wildman–Crippen LogP) is 1.65. The highest BCUT2D eigenvalue weighted by molar-refractivity contribution is 5.86. The number of nitrogens with one attached hydrogen (secondary N) is 1. The van der Waals surface area contributed by atoms with Gasteiger partial charge in [0.05, 0.1) is 17.8 Å². The van der Waals surface area contributed by atoms with Gasteiger partial charge in [0.2, 0.25) is 5.91 Å². The normalized spacial score (nSPS) is 18.0. The van der Waals surface area contributed by atoms with E-state index in [1.165, 1.54) is 17.0 Å². The number of nitrogens with zero attached hydrogens (tertiary/aromatic N) is 2. The summed E-state index contributed by atoms with van der Waals surface area (Å²) in [6.07, 6.45) is 1.62. The van der Waals surface area contributed by atoms with Gasteiger partial charge in [-0.25, -0.2) is 4.39 Å². The summed E-state index contributed by atoms with van der Waals surface area (Å²) in [6, 6.07) is 5.94. The van der Waals surface area contributed by atoms with Crippen LogP contribution in [0, 0.1) is 11.7 Å². The molecule has 1 amide bonds. The summed E-state index contributed by atoms with van der Waals surface area (Å²) in [6.45, 7) is 0.480.